The first kappa shape index (κ1) is 21.4. The van der Waals surface area contributed by atoms with E-state index in [-0.39, 0.29) is 18.0 Å². The van der Waals surface area contributed by atoms with Crippen molar-refractivity contribution < 1.29 is 19.1 Å². The van der Waals surface area contributed by atoms with Crippen molar-refractivity contribution in [3.05, 3.63) is 21.9 Å². The Morgan fingerprint density at radius 1 is 1.07 bits per heavy atom. The van der Waals surface area contributed by atoms with E-state index in [0.717, 1.165) is 13.0 Å². The molecule has 160 valence electrons. The lowest BCUT2D eigenvalue weighted by atomic mass is 10.1. The fourth-order valence-corrected chi connectivity index (χ4v) is 4.32. The number of hydrogen-bond acceptors (Lipinski definition) is 5. The molecule has 8 nitrogen and oxygen atoms in total. The third-order valence-corrected chi connectivity index (χ3v) is 6.02. The lowest BCUT2D eigenvalue weighted by Gasteiger charge is -2.35. The second-order valence-corrected chi connectivity index (χ2v) is 9.37. The van der Waals surface area contributed by atoms with Crippen molar-refractivity contribution >= 4 is 29.4 Å². The van der Waals surface area contributed by atoms with Gasteiger partial charge in [0.1, 0.15) is 5.60 Å². The van der Waals surface area contributed by atoms with E-state index < -0.39 is 5.60 Å². The molecule has 3 heterocycles. The maximum atomic E-state index is 12.4. The van der Waals surface area contributed by atoms with E-state index in [1.165, 1.54) is 10.4 Å². The topological polar surface area (TPSA) is 82.2 Å². The number of piperazine rings is 1. The number of ether oxygens (including phenoxy) is 1. The first-order valence-electron chi connectivity index (χ1n) is 10.1. The van der Waals surface area contributed by atoms with Gasteiger partial charge in [-0.15, -0.1) is 11.3 Å². The van der Waals surface area contributed by atoms with Crippen LogP contribution in [-0.4, -0.2) is 77.6 Å². The summed E-state index contributed by atoms with van der Waals surface area (Å²) in [6.07, 6.45) is 0.856. The maximum absolute atomic E-state index is 12.4. The molecule has 0 saturated carbocycles. The quantitative estimate of drug-likeness (QED) is 0.810. The minimum absolute atomic E-state index is 0.0666. The molecule has 1 aromatic rings. The molecule has 3 rings (SSSR count). The van der Waals surface area contributed by atoms with Crippen molar-refractivity contribution in [1.29, 1.82) is 0 Å². The smallest absolute Gasteiger partial charge is 0.410 e. The van der Waals surface area contributed by atoms with Gasteiger partial charge in [-0.3, -0.25) is 4.79 Å². The van der Waals surface area contributed by atoms with Crippen LogP contribution in [0.3, 0.4) is 0 Å². The molecule has 1 fully saturated rings. The lowest BCUT2D eigenvalue weighted by molar-refractivity contribution is -0.131. The number of hydrogen-bond donors (Lipinski definition) is 1. The lowest BCUT2D eigenvalue weighted by Crippen LogP contribution is -2.54. The standard InChI is InChI=1S/C20H30N4O4S/c1-20(2,3)28-19(27)23-11-9-22(10-12-23)18(26)21-7-4-17(25)24-8-5-16-15(14-24)6-13-29-16/h6,13H,4-5,7-12,14H2,1-3H3,(H,21,26). The van der Waals surface area contributed by atoms with E-state index in [1.54, 1.807) is 21.1 Å². The molecule has 29 heavy (non-hydrogen) atoms. The minimum atomic E-state index is -0.530. The molecule has 1 aromatic heterocycles. The van der Waals surface area contributed by atoms with Crippen LogP contribution < -0.4 is 5.32 Å². The van der Waals surface area contributed by atoms with Crippen LogP contribution in [0.25, 0.3) is 0 Å². The number of urea groups is 1. The zero-order chi connectivity index (χ0) is 21.0. The summed E-state index contributed by atoms with van der Waals surface area (Å²) < 4.78 is 5.36. The highest BCUT2D eigenvalue weighted by molar-refractivity contribution is 7.10. The van der Waals surface area contributed by atoms with Crippen LogP contribution in [-0.2, 0) is 22.5 Å². The molecule has 2 aliphatic rings. The zero-order valence-corrected chi connectivity index (χ0v) is 18.2. The van der Waals surface area contributed by atoms with Gasteiger partial charge in [0, 0.05) is 57.1 Å². The molecular weight excluding hydrogens is 392 g/mol. The van der Waals surface area contributed by atoms with E-state index in [0.29, 0.717) is 45.7 Å². The van der Waals surface area contributed by atoms with Crippen LogP contribution in [0.4, 0.5) is 9.59 Å². The van der Waals surface area contributed by atoms with Gasteiger partial charge >= 0.3 is 12.1 Å². The van der Waals surface area contributed by atoms with Crippen LogP contribution >= 0.6 is 11.3 Å². The Morgan fingerprint density at radius 2 is 1.76 bits per heavy atom. The average Bonchev–Trinajstić information content (AvgIpc) is 3.14. The van der Waals surface area contributed by atoms with Crippen molar-refractivity contribution in [2.24, 2.45) is 0 Å². The Kier molecular flexibility index (Phi) is 6.66. The minimum Gasteiger partial charge on any atom is -0.444 e. The number of carbonyl (C=O) groups is 3. The largest absolute Gasteiger partial charge is 0.444 e. The highest BCUT2D eigenvalue weighted by Gasteiger charge is 2.28. The predicted octanol–water partition coefficient (Wildman–Crippen LogP) is 2.29. The van der Waals surface area contributed by atoms with Crippen molar-refractivity contribution in [3.8, 4) is 0 Å². The van der Waals surface area contributed by atoms with Gasteiger partial charge in [-0.25, -0.2) is 9.59 Å². The highest BCUT2D eigenvalue weighted by Crippen LogP contribution is 2.24. The molecule has 2 aliphatic heterocycles. The fraction of sp³-hybridized carbons (Fsp3) is 0.650. The Labute approximate surface area is 175 Å². The molecule has 9 heteroatoms. The molecule has 0 bridgehead atoms. The van der Waals surface area contributed by atoms with Crippen molar-refractivity contribution in [2.75, 3.05) is 39.3 Å². The third-order valence-electron chi connectivity index (χ3n) is 4.99. The number of nitrogens with one attached hydrogen (secondary N) is 1. The van der Waals surface area contributed by atoms with E-state index in [4.69, 9.17) is 4.74 Å². The van der Waals surface area contributed by atoms with E-state index in [9.17, 15) is 14.4 Å². The van der Waals surface area contributed by atoms with Gasteiger partial charge in [0.25, 0.3) is 0 Å². The van der Waals surface area contributed by atoms with Gasteiger partial charge in [0.05, 0.1) is 0 Å². The molecule has 0 aliphatic carbocycles. The van der Waals surface area contributed by atoms with Gasteiger partial charge in [0.2, 0.25) is 5.91 Å². The van der Waals surface area contributed by atoms with Gasteiger partial charge in [-0.1, -0.05) is 0 Å². The van der Waals surface area contributed by atoms with Gasteiger partial charge in [-0.05, 0) is 44.2 Å². The second-order valence-electron chi connectivity index (χ2n) is 8.37. The Balaban J connectivity index is 1.35. The second kappa shape index (κ2) is 9.02. The van der Waals surface area contributed by atoms with Crippen LogP contribution in [0.5, 0.6) is 0 Å². The molecule has 0 spiro atoms. The average molecular weight is 423 g/mol. The van der Waals surface area contributed by atoms with Crippen LogP contribution in [0, 0.1) is 0 Å². The summed E-state index contributed by atoms with van der Waals surface area (Å²) in [5.74, 6) is 0.0666. The molecule has 0 atom stereocenters. The summed E-state index contributed by atoms with van der Waals surface area (Å²) in [7, 11) is 0. The number of amides is 4. The van der Waals surface area contributed by atoms with E-state index in [2.05, 4.69) is 16.8 Å². The van der Waals surface area contributed by atoms with Crippen molar-refractivity contribution in [1.82, 2.24) is 20.0 Å². The summed E-state index contributed by atoms with van der Waals surface area (Å²) in [6.45, 7) is 9.01. The number of carbonyl (C=O) groups excluding carboxylic acids is 3. The van der Waals surface area contributed by atoms with Crippen molar-refractivity contribution in [2.45, 2.75) is 45.8 Å². The number of fused-ring (bicyclic) bond motifs is 1. The maximum Gasteiger partial charge on any atom is 0.410 e. The molecule has 1 N–H and O–H groups in total. The molecule has 4 amide bonds. The van der Waals surface area contributed by atoms with Gasteiger partial charge < -0.3 is 24.8 Å². The molecule has 0 radical (unpaired) electrons. The summed E-state index contributed by atoms with van der Waals surface area (Å²) in [6, 6.07) is 1.89. The zero-order valence-electron chi connectivity index (χ0n) is 17.4. The first-order valence-corrected chi connectivity index (χ1v) is 10.9. The molecule has 0 unspecified atom stereocenters. The van der Waals surface area contributed by atoms with Gasteiger partial charge in [0.15, 0.2) is 0 Å². The summed E-state index contributed by atoms with van der Waals surface area (Å²) in [4.78, 5) is 43.4. The monoisotopic (exact) mass is 422 g/mol. The summed E-state index contributed by atoms with van der Waals surface area (Å²) in [5, 5.41) is 4.90. The first-order chi connectivity index (χ1) is 13.7. The summed E-state index contributed by atoms with van der Waals surface area (Å²) in [5.41, 5.74) is 0.707. The fourth-order valence-electron chi connectivity index (χ4n) is 3.43. The Bertz CT molecular complexity index is 750. The van der Waals surface area contributed by atoms with E-state index >= 15 is 0 Å². The molecule has 1 saturated heterocycles. The normalized spacial score (nSPS) is 17.0. The third kappa shape index (κ3) is 5.85. The van der Waals surface area contributed by atoms with Crippen LogP contribution in [0.1, 0.15) is 37.6 Å². The highest BCUT2D eigenvalue weighted by atomic mass is 32.1. The van der Waals surface area contributed by atoms with E-state index in [1.807, 2.05) is 25.7 Å². The van der Waals surface area contributed by atoms with Crippen molar-refractivity contribution in [3.63, 3.8) is 0 Å². The Morgan fingerprint density at radius 3 is 2.45 bits per heavy atom. The van der Waals surface area contributed by atoms with Crippen LogP contribution in [0.2, 0.25) is 0 Å². The number of thiophene rings is 1. The van der Waals surface area contributed by atoms with Crippen LogP contribution in [0.15, 0.2) is 11.4 Å². The Hall–Kier alpha value is -2.29. The number of nitrogens with zero attached hydrogens (tertiary/aromatic N) is 3. The molecule has 0 aromatic carbocycles. The predicted molar refractivity (Wildman–Crippen MR) is 111 cm³/mol. The number of rotatable bonds is 3. The summed E-state index contributed by atoms with van der Waals surface area (Å²) >= 11 is 1.75. The molecular formula is C20H30N4O4S. The SMILES string of the molecule is CC(C)(C)OC(=O)N1CCN(C(=O)NCCC(=O)N2CCc3sccc3C2)CC1. The van der Waals surface area contributed by atoms with Gasteiger partial charge in [-0.2, -0.15) is 0 Å².